The van der Waals surface area contributed by atoms with E-state index in [1.54, 1.807) is 13.0 Å². The molecule has 2 aromatic heterocycles. The Bertz CT molecular complexity index is 1370. The molecule has 2 heterocycles. The Morgan fingerprint density at radius 2 is 2.03 bits per heavy atom. The van der Waals surface area contributed by atoms with E-state index in [9.17, 15) is 18.4 Å². The summed E-state index contributed by atoms with van der Waals surface area (Å²) in [5.41, 5.74) is -0.520. The highest BCUT2D eigenvalue weighted by Crippen LogP contribution is 2.24. The van der Waals surface area contributed by atoms with Crippen LogP contribution in [-0.4, -0.2) is 31.4 Å². The molecule has 1 amide bonds. The summed E-state index contributed by atoms with van der Waals surface area (Å²) in [6.07, 6.45) is 0. The van der Waals surface area contributed by atoms with Crippen LogP contribution in [0.1, 0.15) is 5.82 Å². The predicted octanol–water partition coefficient (Wildman–Crippen LogP) is 3.74. The molecule has 0 spiro atoms. The molecule has 0 bridgehead atoms. The fourth-order valence-corrected chi connectivity index (χ4v) is 3.72. The molecule has 31 heavy (non-hydrogen) atoms. The average Bonchev–Trinajstić information content (AvgIpc) is 3.12. The van der Waals surface area contributed by atoms with Crippen molar-refractivity contribution in [3.63, 3.8) is 0 Å². The van der Waals surface area contributed by atoms with Crippen LogP contribution in [-0.2, 0) is 4.79 Å². The first-order valence-electron chi connectivity index (χ1n) is 8.72. The van der Waals surface area contributed by atoms with Gasteiger partial charge >= 0.3 is 6.01 Å². The summed E-state index contributed by atoms with van der Waals surface area (Å²) < 4.78 is 33.7. The van der Waals surface area contributed by atoms with Crippen LogP contribution in [0.3, 0.4) is 0 Å². The third-order valence-corrected chi connectivity index (χ3v) is 5.23. The molecule has 0 aliphatic heterocycles. The average molecular weight is 464 g/mol. The van der Waals surface area contributed by atoms with Gasteiger partial charge in [0.15, 0.2) is 11.0 Å². The zero-order valence-electron chi connectivity index (χ0n) is 15.7. The zero-order valence-corrected chi connectivity index (χ0v) is 17.3. The first kappa shape index (κ1) is 20.9. The third kappa shape index (κ3) is 4.42. The second-order valence-corrected chi connectivity index (χ2v) is 7.65. The van der Waals surface area contributed by atoms with E-state index in [0.29, 0.717) is 22.4 Å². The highest BCUT2D eigenvalue weighted by molar-refractivity contribution is 7.99. The monoisotopic (exact) mass is 463 g/mol. The van der Waals surface area contributed by atoms with Crippen molar-refractivity contribution in [3.8, 4) is 5.69 Å². The highest BCUT2D eigenvalue weighted by atomic mass is 35.5. The van der Waals surface area contributed by atoms with Crippen LogP contribution in [0.5, 0.6) is 0 Å². The second kappa shape index (κ2) is 8.44. The lowest BCUT2D eigenvalue weighted by Crippen LogP contribution is -2.24. The van der Waals surface area contributed by atoms with Gasteiger partial charge in [-0.25, -0.2) is 13.8 Å². The van der Waals surface area contributed by atoms with Gasteiger partial charge in [-0.05, 0) is 37.3 Å². The minimum Gasteiger partial charge on any atom is -0.315 e. The molecule has 1 N–H and O–H groups in total. The Morgan fingerprint density at radius 3 is 2.74 bits per heavy atom. The van der Waals surface area contributed by atoms with Crippen LogP contribution in [0.4, 0.5) is 14.8 Å². The molecular formula is C19H12ClF2N5O3S. The largest absolute Gasteiger partial charge is 0.328 e. The van der Waals surface area contributed by atoms with Crippen molar-refractivity contribution in [2.45, 2.75) is 12.1 Å². The van der Waals surface area contributed by atoms with Crippen LogP contribution in [0.2, 0.25) is 5.02 Å². The molecule has 0 fully saturated rings. The minimum atomic E-state index is -0.960. The molecule has 2 aromatic carbocycles. The number of rotatable bonds is 5. The van der Waals surface area contributed by atoms with Crippen molar-refractivity contribution in [3.05, 3.63) is 69.2 Å². The highest BCUT2D eigenvalue weighted by Gasteiger charge is 2.18. The molecule has 0 atom stereocenters. The molecule has 0 aliphatic carbocycles. The number of hydrogen-bond donors (Lipinski definition) is 1. The number of aryl methyl sites for hydroxylation is 1. The van der Waals surface area contributed by atoms with E-state index in [1.807, 2.05) is 0 Å². The number of halogens is 3. The molecule has 4 aromatic rings. The Labute approximate surface area is 182 Å². The summed E-state index contributed by atoms with van der Waals surface area (Å²) in [6, 6.07) is 7.22. The molecule has 0 saturated heterocycles. The van der Waals surface area contributed by atoms with Crippen molar-refractivity contribution >= 4 is 46.2 Å². The molecule has 158 valence electrons. The number of nitrogens with one attached hydrogen (secondary N) is 1. The quantitative estimate of drug-likeness (QED) is 0.355. The molecule has 0 unspecified atom stereocenters. The Kier molecular flexibility index (Phi) is 5.70. The van der Waals surface area contributed by atoms with Gasteiger partial charge in [-0.1, -0.05) is 28.5 Å². The summed E-state index contributed by atoms with van der Waals surface area (Å²) >= 11 is 6.86. The number of fused-ring (bicyclic) bond motifs is 1. The SMILES string of the molecule is Cc1noc(NC(=O)CSc2nc3ccc(Cl)cc3c(=O)n2-c2ccc(F)cc2F)n1. The fourth-order valence-electron chi connectivity index (χ4n) is 2.74. The molecule has 4 rings (SSSR count). The van der Waals surface area contributed by atoms with Crippen LogP contribution >= 0.6 is 23.4 Å². The van der Waals surface area contributed by atoms with Gasteiger partial charge in [0.05, 0.1) is 22.3 Å². The lowest BCUT2D eigenvalue weighted by molar-refractivity contribution is -0.114. The van der Waals surface area contributed by atoms with E-state index in [2.05, 4.69) is 20.4 Å². The molecule has 0 aliphatic rings. The topological polar surface area (TPSA) is 103 Å². The summed E-state index contributed by atoms with van der Waals surface area (Å²) in [5, 5.41) is 6.45. The van der Waals surface area contributed by atoms with Gasteiger partial charge in [-0.15, -0.1) is 0 Å². The molecule has 0 radical (unpaired) electrons. The van der Waals surface area contributed by atoms with Gasteiger partial charge in [0.1, 0.15) is 11.6 Å². The number of aromatic nitrogens is 4. The Balaban J connectivity index is 1.75. The first-order chi connectivity index (χ1) is 14.8. The van der Waals surface area contributed by atoms with Crippen LogP contribution < -0.4 is 10.9 Å². The van der Waals surface area contributed by atoms with E-state index < -0.39 is 23.1 Å². The summed E-state index contributed by atoms with van der Waals surface area (Å²) in [4.78, 5) is 33.6. The van der Waals surface area contributed by atoms with Crippen molar-refractivity contribution in [1.82, 2.24) is 19.7 Å². The molecule has 8 nitrogen and oxygen atoms in total. The number of thioether (sulfide) groups is 1. The van der Waals surface area contributed by atoms with E-state index >= 15 is 0 Å². The van der Waals surface area contributed by atoms with E-state index in [1.165, 1.54) is 12.1 Å². The number of nitrogens with zero attached hydrogens (tertiary/aromatic N) is 4. The van der Waals surface area contributed by atoms with Crippen LogP contribution in [0, 0.1) is 18.6 Å². The third-order valence-electron chi connectivity index (χ3n) is 4.06. The number of carbonyl (C=O) groups is 1. The fraction of sp³-hybridized carbons (Fsp3) is 0.105. The Morgan fingerprint density at radius 1 is 1.23 bits per heavy atom. The van der Waals surface area contributed by atoms with E-state index in [0.717, 1.165) is 28.5 Å². The number of amides is 1. The van der Waals surface area contributed by atoms with Crippen molar-refractivity contribution in [1.29, 1.82) is 0 Å². The van der Waals surface area contributed by atoms with Gasteiger partial charge in [-0.2, -0.15) is 4.98 Å². The number of hydrogen-bond acceptors (Lipinski definition) is 7. The van der Waals surface area contributed by atoms with Gasteiger partial charge in [-0.3, -0.25) is 19.5 Å². The van der Waals surface area contributed by atoms with Crippen molar-refractivity contribution < 1.29 is 18.1 Å². The number of benzene rings is 2. The standard InChI is InChI=1S/C19H12ClF2N5O3S/c1-9-23-18(30-26-9)25-16(28)8-31-19-24-14-4-2-10(20)6-12(14)17(29)27(19)15-5-3-11(21)7-13(15)22/h2-7H,8H2,1H3,(H,23,25,26,28). The summed E-state index contributed by atoms with van der Waals surface area (Å²) in [7, 11) is 0. The maximum Gasteiger partial charge on any atom is 0.328 e. The maximum absolute atomic E-state index is 14.5. The number of anilines is 1. The Hall–Kier alpha value is -3.31. The van der Waals surface area contributed by atoms with Gasteiger partial charge in [0.2, 0.25) is 5.91 Å². The van der Waals surface area contributed by atoms with E-state index in [-0.39, 0.29) is 28.0 Å². The summed E-state index contributed by atoms with van der Waals surface area (Å²) in [5.74, 6) is -2.12. The van der Waals surface area contributed by atoms with Gasteiger partial charge < -0.3 is 4.52 Å². The lowest BCUT2D eigenvalue weighted by Gasteiger charge is -2.14. The molecular weight excluding hydrogens is 452 g/mol. The first-order valence-corrected chi connectivity index (χ1v) is 10.1. The van der Waals surface area contributed by atoms with Crippen molar-refractivity contribution in [2.24, 2.45) is 0 Å². The predicted molar refractivity (Wildman–Crippen MR) is 111 cm³/mol. The molecule has 0 saturated carbocycles. The zero-order chi connectivity index (χ0) is 22.1. The number of carbonyl (C=O) groups excluding carboxylic acids is 1. The normalized spacial score (nSPS) is 11.1. The summed E-state index contributed by atoms with van der Waals surface area (Å²) in [6.45, 7) is 1.59. The van der Waals surface area contributed by atoms with Crippen LogP contribution in [0.25, 0.3) is 16.6 Å². The van der Waals surface area contributed by atoms with Crippen LogP contribution in [0.15, 0.2) is 50.9 Å². The van der Waals surface area contributed by atoms with Crippen molar-refractivity contribution in [2.75, 3.05) is 11.1 Å². The second-order valence-electron chi connectivity index (χ2n) is 6.28. The smallest absolute Gasteiger partial charge is 0.315 e. The van der Waals surface area contributed by atoms with Gasteiger partial charge in [0, 0.05) is 11.1 Å². The lowest BCUT2D eigenvalue weighted by atomic mass is 10.2. The maximum atomic E-state index is 14.5. The minimum absolute atomic E-state index is 0.0298. The molecule has 12 heteroatoms. The van der Waals surface area contributed by atoms with E-state index in [4.69, 9.17) is 16.1 Å². The van der Waals surface area contributed by atoms with Gasteiger partial charge in [0.25, 0.3) is 5.56 Å².